The van der Waals surface area contributed by atoms with Crippen molar-refractivity contribution in [2.75, 3.05) is 34.0 Å². The van der Waals surface area contributed by atoms with Crippen LogP contribution in [-0.4, -0.2) is 60.5 Å². The van der Waals surface area contributed by atoms with Crippen molar-refractivity contribution >= 4 is 16.9 Å². The van der Waals surface area contributed by atoms with E-state index in [0.717, 1.165) is 22.3 Å². The number of hydrogen-bond acceptors (Lipinski definition) is 7. The Bertz CT molecular complexity index is 1160. The highest BCUT2D eigenvalue weighted by Crippen LogP contribution is 2.36. The molecule has 168 valence electrons. The Morgan fingerprint density at radius 2 is 2.00 bits per heavy atom. The minimum absolute atomic E-state index is 0.0549. The van der Waals surface area contributed by atoms with E-state index in [4.69, 9.17) is 23.9 Å². The summed E-state index contributed by atoms with van der Waals surface area (Å²) in [4.78, 5) is 21.2. The van der Waals surface area contributed by atoms with Crippen molar-refractivity contribution in [3.8, 4) is 28.6 Å². The summed E-state index contributed by atoms with van der Waals surface area (Å²) < 4.78 is 24.7. The highest BCUT2D eigenvalue weighted by Gasteiger charge is 2.30. The van der Waals surface area contributed by atoms with E-state index in [1.807, 2.05) is 37.5 Å². The number of carbonyl (C=O) groups is 1. The first-order valence-electron chi connectivity index (χ1n) is 10.7. The number of fused-ring (bicyclic) bond motifs is 1. The molecule has 1 N–H and O–H groups in total. The fraction of sp³-hybridized carbons (Fsp3) is 0.435. The molecule has 1 amide bonds. The predicted octanol–water partition coefficient (Wildman–Crippen LogP) is 2.59. The Balaban J connectivity index is 1.57. The molecule has 2 atom stereocenters. The molecule has 2 aliphatic heterocycles. The van der Waals surface area contributed by atoms with Gasteiger partial charge in [0, 0.05) is 24.4 Å². The van der Waals surface area contributed by atoms with Gasteiger partial charge in [-0.3, -0.25) is 4.79 Å². The SMILES string of the molecule is COc1ccc(-c2cc3ncn(C4COC4)c3c(OC(C)C3CNC(=O)C3)n2)cc1OC. The standard InChI is InChI=1S/C23H26N4O5/c1-13(15-7-21(28)24-9-15)32-23-22-18(25-12-27(22)16-10-31-11-16)8-17(26-23)14-4-5-19(29-2)20(6-14)30-3/h4-6,8,12-13,15-16H,7,9-11H2,1-3H3,(H,24,28). The van der Waals surface area contributed by atoms with Crippen LogP contribution in [0.1, 0.15) is 19.4 Å². The smallest absolute Gasteiger partial charge is 0.241 e. The van der Waals surface area contributed by atoms with E-state index < -0.39 is 0 Å². The number of rotatable bonds is 7. The summed E-state index contributed by atoms with van der Waals surface area (Å²) in [6.45, 7) is 3.86. The van der Waals surface area contributed by atoms with Crippen LogP contribution >= 0.6 is 0 Å². The summed E-state index contributed by atoms with van der Waals surface area (Å²) in [7, 11) is 3.21. The van der Waals surface area contributed by atoms with Crippen molar-refractivity contribution in [1.29, 1.82) is 0 Å². The number of amides is 1. The average Bonchev–Trinajstić information content (AvgIpc) is 3.38. The Hall–Kier alpha value is -3.33. The van der Waals surface area contributed by atoms with E-state index >= 15 is 0 Å². The molecular formula is C23H26N4O5. The molecular weight excluding hydrogens is 412 g/mol. The molecule has 0 aliphatic carbocycles. The molecule has 2 unspecified atom stereocenters. The topological polar surface area (TPSA) is 96.7 Å². The van der Waals surface area contributed by atoms with Gasteiger partial charge in [0.15, 0.2) is 11.5 Å². The molecule has 4 heterocycles. The van der Waals surface area contributed by atoms with E-state index in [0.29, 0.717) is 43.6 Å². The Morgan fingerprint density at radius 3 is 2.66 bits per heavy atom. The van der Waals surface area contributed by atoms with E-state index in [1.54, 1.807) is 14.2 Å². The molecule has 1 aromatic carbocycles. The second-order valence-electron chi connectivity index (χ2n) is 8.18. The fourth-order valence-electron chi connectivity index (χ4n) is 4.14. The Kier molecular flexibility index (Phi) is 5.34. The first-order valence-corrected chi connectivity index (χ1v) is 10.7. The number of pyridine rings is 1. The van der Waals surface area contributed by atoms with Crippen LogP contribution in [-0.2, 0) is 9.53 Å². The van der Waals surface area contributed by atoms with Gasteiger partial charge < -0.3 is 28.8 Å². The fourth-order valence-corrected chi connectivity index (χ4v) is 4.14. The van der Waals surface area contributed by atoms with Crippen LogP contribution in [0.4, 0.5) is 0 Å². The Labute approximate surface area is 185 Å². The van der Waals surface area contributed by atoms with E-state index in [-0.39, 0.29) is 24.0 Å². The second kappa shape index (κ2) is 8.31. The van der Waals surface area contributed by atoms with Crippen LogP contribution in [0, 0.1) is 5.92 Å². The molecule has 2 fully saturated rings. The largest absolute Gasteiger partial charge is 0.493 e. The van der Waals surface area contributed by atoms with Crippen LogP contribution in [0.5, 0.6) is 17.4 Å². The number of nitrogens with one attached hydrogen (secondary N) is 1. The predicted molar refractivity (Wildman–Crippen MR) is 117 cm³/mol. The van der Waals surface area contributed by atoms with Gasteiger partial charge >= 0.3 is 0 Å². The zero-order valence-corrected chi connectivity index (χ0v) is 18.3. The lowest BCUT2D eigenvalue weighted by atomic mass is 10.0. The van der Waals surface area contributed by atoms with E-state index in [9.17, 15) is 4.79 Å². The van der Waals surface area contributed by atoms with Gasteiger partial charge in [0.05, 0.1) is 51.0 Å². The van der Waals surface area contributed by atoms with Crippen molar-refractivity contribution in [3.63, 3.8) is 0 Å². The van der Waals surface area contributed by atoms with Gasteiger partial charge in [-0.05, 0) is 31.2 Å². The van der Waals surface area contributed by atoms with Gasteiger partial charge in [-0.15, -0.1) is 0 Å². The third-order valence-corrected chi connectivity index (χ3v) is 6.18. The number of ether oxygens (including phenoxy) is 4. The third kappa shape index (κ3) is 3.62. The summed E-state index contributed by atoms with van der Waals surface area (Å²) in [5.74, 6) is 1.92. The molecule has 0 spiro atoms. The zero-order chi connectivity index (χ0) is 22.2. The van der Waals surface area contributed by atoms with Gasteiger partial charge in [0.25, 0.3) is 0 Å². The van der Waals surface area contributed by atoms with Crippen LogP contribution in [0.2, 0.25) is 0 Å². The molecule has 0 saturated carbocycles. The summed E-state index contributed by atoms with van der Waals surface area (Å²) in [6.07, 6.45) is 2.08. The maximum Gasteiger partial charge on any atom is 0.241 e. The van der Waals surface area contributed by atoms with Gasteiger partial charge in [-0.25, -0.2) is 9.97 Å². The van der Waals surface area contributed by atoms with Crippen LogP contribution in [0.25, 0.3) is 22.3 Å². The van der Waals surface area contributed by atoms with Crippen molar-refractivity contribution in [2.24, 2.45) is 5.92 Å². The van der Waals surface area contributed by atoms with Gasteiger partial charge in [-0.2, -0.15) is 0 Å². The molecule has 0 radical (unpaired) electrons. The summed E-state index contributed by atoms with van der Waals surface area (Å²) >= 11 is 0. The van der Waals surface area contributed by atoms with Gasteiger partial charge in [-0.1, -0.05) is 0 Å². The lowest BCUT2D eigenvalue weighted by molar-refractivity contribution is -0.119. The first-order chi connectivity index (χ1) is 15.6. The van der Waals surface area contributed by atoms with Crippen LogP contribution < -0.4 is 19.5 Å². The minimum atomic E-state index is -0.189. The quantitative estimate of drug-likeness (QED) is 0.606. The van der Waals surface area contributed by atoms with Crippen molar-refractivity contribution in [1.82, 2.24) is 19.9 Å². The number of carbonyl (C=O) groups excluding carboxylic acids is 1. The number of benzene rings is 1. The highest BCUT2D eigenvalue weighted by molar-refractivity contribution is 5.85. The zero-order valence-electron chi connectivity index (χ0n) is 18.3. The highest BCUT2D eigenvalue weighted by atomic mass is 16.5. The molecule has 9 heteroatoms. The van der Waals surface area contributed by atoms with Crippen molar-refractivity contribution < 1.29 is 23.7 Å². The summed E-state index contributed by atoms with van der Waals surface area (Å²) in [5.41, 5.74) is 3.21. The number of nitrogens with zero attached hydrogens (tertiary/aromatic N) is 3. The normalized spacial score (nSPS) is 19.5. The summed E-state index contributed by atoms with van der Waals surface area (Å²) in [5, 5.41) is 2.88. The molecule has 0 bridgehead atoms. The minimum Gasteiger partial charge on any atom is -0.493 e. The number of aromatic nitrogens is 3. The number of imidazole rings is 1. The monoisotopic (exact) mass is 438 g/mol. The maximum atomic E-state index is 11.7. The first kappa shape index (κ1) is 20.6. The van der Waals surface area contributed by atoms with Crippen LogP contribution in [0.15, 0.2) is 30.6 Å². The van der Waals surface area contributed by atoms with Crippen molar-refractivity contribution in [2.45, 2.75) is 25.5 Å². The molecule has 2 aromatic heterocycles. The second-order valence-corrected chi connectivity index (χ2v) is 8.18. The maximum absolute atomic E-state index is 11.7. The number of hydrogen-bond donors (Lipinski definition) is 1. The average molecular weight is 438 g/mol. The van der Waals surface area contributed by atoms with Crippen molar-refractivity contribution in [3.05, 3.63) is 30.6 Å². The van der Waals surface area contributed by atoms with Crippen LogP contribution in [0.3, 0.4) is 0 Å². The third-order valence-electron chi connectivity index (χ3n) is 6.18. The molecule has 5 rings (SSSR count). The molecule has 32 heavy (non-hydrogen) atoms. The number of methoxy groups -OCH3 is 2. The van der Waals surface area contributed by atoms with Gasteiger partial charge in [0.2, 0.25) is 11.8 Å². The Morgan fingerprint density at radius 1 is 1.19 bits per heavy atom. The van der Waals surface area contributed by atoms with E-state index in [1.165, 1.54) is 0 Å². The molecule has 2 aliphatic rings. The van der Waals surface area contributed by atoms with Gasteiger partial charge in [0.1, 0.15) is 11.6 Å². The molecule has 9 nitrogen and oxygen atoms in total. The lowest BCUT2D eigenvalue weighted by Gasteiger charge is -2.28. The summed E-state index contributed by atoms with van der Waals surface area (Å²) in [6, 6.07) is 7.82. The molecule has 2 saturated heterocycles. The van der Waals surface area contributed by atoms with E-state index in [2.05, 4.69) is 14.9 Å². The lowest BCUT2D eigenvalue weighted by Crippen LogP contribution is -2.30. The molecule has 3 aromatic rings.